The van der Waals surface area contributed by atoms with E-state index < -0.39 is 23.1 Å². The molecule has 0 amide bonds. The van der Waals surface area contributed by atoms with Crippen LogP contribution < -0.4 is 38.9 Å². The molecule has 0 spiro atoms. The molecule has 0 bridgehead atoms. The van der Waals surface area contributed by atoms with Gasteiger partial charge in [-0.3, -0.25) is 0 Å². The van der Waals surface area contributed by atoms with Gasteiger partial charge in [0.05, 0.1) is 45.4 Å². The van der Waals surface area contributed by atoms with Crippen LogP contribution in [0.2, 0.25) is 20.1 Å². The number of esters is 2. The zero-order chi connectivity index (χ0) is 81.3. The molecule has 0 saturated carbocycles. The average Bonchev–Trinajstić information content (AvgIpc) is 1.55. The van der Waals surface area contributed by atoms with Gasteiger partial charge in [0.25, 0.3) is 0 Å². The second-order valence-electron chi connectivity index (χ2n) is 31.5. The Balaban J connectivity index is 0.000000170. The summed E-state index contributed by atoms with van der Waals surface area (Å²) < 4.78 is 27.5. The number of carbonyl (C=O) groups is 2. The summed E-state index contributed by atoms with van der Waals surface area (Å²) >= 11 is 42.9. The van der Waals surface area contributed by atoms with Crippen molar-refractivity contribution in [2.24, 2.45) is 0 Å². The number of carbonyl (C=O) groups excluding carboxylic acids is 2. The molecule has 604 valence electrons. The highest BCUT2D eigenvalue weighted by Crippen LogP contribution is 2.57. The number of nitrogens with zero attached hydrogens (tertiary/aromatic N) is 6. The topological polar surface area (TPSA) is 90.5 Å². The summed E-state index contributed by atoms with van der Waals surface area (Å²) in [6.45, 7) is 12.7. The van der Waals surface area contributed by atoms with Crippen molar-refractivity contribution in [2.75, 3.05) is 122 Å². The van der Waals surface area contributed by atoms with Gasteiger partial charge in [0, 0.05) is 142 Å². The van der Waals surface area contributed by atoms with Crippen molar-refractivity contribution in [3.8, 4) is 11.5 Å². The van der Waals surface area contributed by atoms with Gasteiger partial charge in [-0.25, -0.2) is 9.59 Å². The highest BCUT2D eigenvalue weighted by atomic mass is 79.9. The van der Waals surface area contributed by atoms with Crippen LogP contribution in [0.15, 0.2) is 236 Å². The normalized spacial score (nSPS) is 17.4. The number of methoxy groups -OCH3 is 2. The first-order chi connectivity index (χ1) is 57.4. The van der Waals surface area contributed by atoms with Crippen molar-refractivity contribution in [3.05, 3.63) is 323 Å². The Morgan fingerprint density at radius 2 is 0.500 bits per heavy atom. The van der Waals surface area contributed by atoms with Gasteiger partial charge in [0.1, 0.15) is 11.5 Å². The standard InChI is InChI=1S/C52H50Br4N4O2.C46H40Cl4N2O4/c53-47-45-46(48(54)50(56)49(47)55)52(62-51(45)61,33-43(35-9-17-39(18-10-35)57-25-1-2-26-57)36-11-19-40(20-12-36)58-27-3-4-28-58)34-44(37-13-21-41(22-14-37)59-29-5-6-30-59)38-15-23-42(24-16-38)60-31-7-8-32-60;1-54-35-19-11-31(12-20-35)37(29-7-15-33(16-8-29)51-23-3-4-24-51)27-46(40-39(45(53)56-46)41(47)43(49)44(50)42(40)48)28-38(32-13-21-36(55-2)22-14-32)30-9-17-34(18-10-30)52-25-5-6-26-52/h9-24,33-34H,1-8,25-32H2;7-22,27-28H,3-6,23-26H2,1-2H3/b;37-27-,38-28-. The molecule has 0 aromatic heterocycles. The molecule has 10 aromatic carbocycles. The Hall–Kier alpha value is -8.42. The van der Waals surface area contributed by atoms with E-state index >= 15 is 0 Å². The molecule has 6 saturated heterocycles. The summed E-state index contributed by atoms with van der Waals surface area (Å²) in [5.41, 5.74) is 17.2. The third-order valence-electron chi connectivity index (χ3n) is 24.4. The van der Waals surface area contributed by atoms with Gasteiger partial charge in [0.15, 0.2) is 11.2 Å². The van der Waals surface area contributed by atoms with E-state index in [0.29, 0.717) is 27.1 Å². The van der Waals surface area contributed by atoms with E-state index in [4.69, 9.17) is 65.4 Å². The maximum Gasteiger partial charge on any atom is 0.341 e. The maximum absolute atomic E-state index is 14.6. The number of halogens is 8. The van der Waals surface area contributed by atoms with Crippen LogP contribution in [0.3, 0.4) is 0 Å². The van der Waals surface area contributed by atoms with Gasteiger partial charge in [-0.2, -0.15) is 0 Å². The second kappa shape index (κ2) is 35.7. The largest absolute Gasteiger partial charge is 0.497 e. The molecular weight excluding hydrogens is 1820 g/mol. The molecule has 8 heterocycles. The van der Waals surface area contributed by atoms with Crippen LogP contribution in [0, 0.1) is 0 Å². The summed E-state index contributed by atoms with van der Waals surface area (Å²) in [6.07, 6.45) is 22.7. The zero-order valence-corrected chi connectivity index (χ0v) is 75.3. The van der Waals surface area contributed by atoms with Crippen LogP contribution in [0.25, 0.3) is 22.3 Å². The van der Waals surface area contributed by atoms with Crippen molar-refractivity contribution in [3.63, 3.8) is 0 Å². The minimum Gasteiger partial charge on any atom is -0.497 e. The first kappa shape index (κ1) is 81.9. The number of anilines is 6. The molecule has 18 rings (SSSR count). The van der Waals surface area contributed by atoms with Crippen LogP contribution >= 0.6 is 110 Å². The summed E-state index contributed by atoms with van der Waals surface area (Å²) in [7, 11) is 3.27. The number of cyclic esters (lactones) is 2. The van der Waals surface area contributed by atoms with E-state index in [9.17, 15) is 9.59 Å². The molecule has 0 atom stereocenters. The predicted octanol–water partition coefficient (Wildman–Crippen LogP) is 25.9. The zero-order valence-electron chi connectivity index (χ0n) is 65.9. The number of ether oxygens (including phenoxy) is 4. The van der Waals surface area contributed by atoms with E-state index in [1.807, 2.05) is 60.7 Å². The quantitative estimate of drug-likeness (QED) is 0.0413. The van der Waals surface area contributed by atoms with Crippen molar-refractivity contribution in [1.29, 1.82) is 0 Å². The lowest BCUT2D eigenvalue weighted by molar-refractivity contribution is 0.0289. The minimum absolute atomic E-state index is 0.0152. The number of rotatable bonds is 20. The summed E-state index contributed by atoms with van der Waals surface area (Å²) in [4.78, 5) is 43.5. The Kier molecular flexibility index (Phi) is 24.8. The summed E-state index contributed by atoms with van der Waals surface area (Å²) in [6, 6.07) is 68.4. The molecule has 8 aliphatic heterocycles. The Morgan fingerprint density at radius 3 is 0.746 bits per heavy atom. The molecule has 0 aliphatic carbocycles. The van der Waals surface area contributed by atoms with Gasteiger partial charge >= 0.3 is 11.9 Å². The highest BCUT2D eigenvalue weighted by Gasteiger charge is 2.50. The number of hydrogen-bond acceptors (Lipinski definition) is 12. The van der Waals surface area contributed by atoms with Gasteiger partial charge in [-0.05, 0) is 329 Å². The number of hydrogen-bond donors (Lipinski definition) is 0. The summed E-state index contributed by atoms with van der Waals surface area (Å²) in [5, 5.41) is 0.0695. The van der Waals surface area contributed by atoms with Gasteiger partial charge in [-0.1, -0.05) is 143 Å². The van der Waals surface area contributed by atoms with Gasteiger partial charge < -0.3 is 48.3 Å². The first-order valence-corrected chi connectivity index (χ1v) is 45.7. The lowest BCUT2D eigenvalue weighted by Crippen LogP contribution is -2.23. The third kappa shape index (κ3) is 16.6. The average molecular weight is 1910 g/mol. The molecule has 20 heteroatoms. The Labute approximate surface area is 745 Å². The molecule has 118 heavy (non-hydrogen) atoms. The first-order valence-electron chi connectivity index (χ1n) is 41.0. The van der Waals surface area contributed by atoms with Crippen molar-refractivity contribution in [2.45, 2.75) is 88.3 Å². The number of fused-ring (bicyclic) bond motifs is 2. The van der Waals surface area contributed by atoms with Crippen molar-refractivity contribution in [1.82, 2.24) is 0 Å². The van der Waals surface area contributed by atoms with E-state index in [-0.39, 0.29) is 25.7 Å². The van der Waals surface area contributed by atoms with E-state index in [1.54, 1.807) is 14.2 Å². The number of benzene rings is 10. The minimum atomic E-state index is -1.62. The fraction of sp³-hybridized carbons (Fsp3) is 0.286. The van der Waals surface area contributed by atoms with Crippen molar-refractivity contribution >= 4 is 178 Å². The summed E-state index contributed by atoms with van der Waals surface area (Å²) in [5.74, 6) is 0.352. The molecule has 10 aromatic rings. The van der Waals surface area contributed by atoms with Gasteiger partial charge in [-0.15, -0.1) is 0 Å². The van der Waals surface area contributed by atoms with Crippen LogP contribution in [-0.2, 0) is 20.7 Å². The smallest absolute Gasteiger partial charge is 0.341 e. The SMILES string of the molecule is COc1ccc(/C(=C\C2(/C=C(\c3ccc(OC)cc3)c3ccc(N4CCCC4)cc3)OC(=O)c3c(Cl)c(Cl)c(Cl)c(Cl)c32)c2ccc(N3CCCC3)cc2)cc1.O=C1OC(C=C(c2ccc(N3CCCC3)cc2)c2ccc(N3CCCC3)cc2)(C=C(c2ccc(N3CCCC3)cc2)c2ccc(N3CCCC3)cc2)c2c(Br)c(Br)c(Br)c(Br)c21. The third-order valence-corrected chi connectivity index (χ3v) is 31.0. The molecule has 8 aliphatic rings. The molecule has 0 radical (unpaired) electrons. The molecule has 0 N–H and O–H groups in total. The lowest BCUT2D eigenvalue weighted by atomic mass is 9.83. The van der Waals surface area contributed by atoms with E-state index in [0.717, 1.165) is 176 Å². The Morgan fingerprint density at radius 1 is 0.288 bits per heavy atom. The molecular formula is C98H90Br4Cl4N6O6. The lowest BCUT2D eigenvalue weighted by Gasteiger charge is -2.28. The fourth-order valence-electron chi connectivity index (χ4n) is 18.1. The van der Waals surface area contributed by atoms with Crippen LogP contribution in [-0.4, -0.2) is 105 Å². The fourth-order valence-corrected chi connectivity index (χ4v) is 21.7. The highest BCUT2D eigenvalue weighted by molar-refractivity contribution is 9.15. The second-order valence-corrected chi connectivity index (χ2v) is 36.2. The van der Waals surface area contributed by atoms with Crippen molar-refractivity contribution < 1.29 is 28.5 Å². The monoisotopic (exact) mass is 1900 g/mol. The Bertz CT molecular complexity index is 5140. The van der Waals surface area contributed by atoms with Crippen LogP contribution in [0.4, 0.5) is 34.1 Å². The molecule has 6 fully saturated rings. The van der Waals surface area contributed by atoms with Gasteiger partial charge in [0.2, 0.25) is 0 Å². The van der Waals surface area contributed by atoms with E-state index in [1.165, 1.54) is 99.8 Å². The van der Waals surface area contributed by atoms with E-state index in [2.05, 4.69) is 251 Å². The predicted molar refractivity (Wildman–Crippen MR) is 500 cm³/mol. The molecule has 0 unspecified atom stereocenters. The van der Waals surface area contributed by atoms with Crippen LogP contribution in [0.1, 0.15) is 153 Å². The van der Waals surface area contributed by atoms with Crippen LogP contribution in [0.5, 0.6) is 11.5 Å². The maximum atomic E-state index is 14.6. The molecule has 12 nitrogen and oxygen atoms in total.